The molecule has 0 radical (unpaired) electrons. The van der Waals surface area contributed by atoms with Gasteiger partial charge in [0.1, 0.15) is 10.7 Å². The highest BCUT2D eigenvalue weighted by Crippen LogP contribution is 2.32. The zero-order chi connectivity index (χ0) is 14.1. The van der Waals surface area contributed by atoms with Crippen LogP contribution in [-0.4, -0.2) is 22.4 Å². The number of hydrogen-bond donors (Lipinski definition) is 1. The summed E-state index contributed by atoms with van der Waals surface area (Å²) in [6.45, 7) is 0. The van der Waals surface area contributed by atoms with Crippen molar-refractivity contribution in [2.24, 2.45) is 0 Å². The minimum atomic E-state index is -5.15. The van der Waals surface area contributed by atoms with Gasteiger partial charge in [-0.2, -0.15) is 0 Å². The number of nitrogens with zero attached hydrogens (tertiary/aromatic N) is 1. The maximum atomic E-state index is 12.5. The van der Waals surface area contributed by atoms with Gasteiger partial charge in [0.05, 0.1) is 0 Å². The number of carboxylic acid groups (broad SMARTS) is 1. The number of ether oxygens (including phenoxy) is 1. The summed E-state index contributed by atoms with van der Waals surface area (Å²) in [5, 5.41) is 7.58. The quantitative estimate of drug-likeness (QED) is 0.686. The van der Waals surface area contributed by atoms with Crippen LogP contribution in [-0.2, 0) is 0 Å². The second kappa shape index (κ2) is 4.92. The molecule has 0 saturated carbocycles. The van der Waals surface area contributed by atoms with Gasteiger partial charge in [-0.05, 0) is 0 Å². The van der Waals surface area contributed by atoms with Crippen LogP contribution in [0.3, 0.4) is 0 Å². The van der Waals surface area contributed by atoms with Crippen molar-refractivity contribution in [1.82, 2.24) is 4.98 Å². The summed E-state index contributed by atoms with van der Waals surface area (Å²) in [4.78, 5) is 13.6. The van der Waals surface area contributed by atoms with Crippen molar-refractivity contribution < 1.29 is 36.6 Å². The number of aromatic nitrogens is 1. The molecule has 0 spiro atoms. The second-order valence-corrected chi connectivity index (χ2v) is 3.23. The number of hydrogen-bond acceptors (Lipinski definition) is 3. The lowest BCUT2D eigenvalue weighted by molar-refractivity contribution is -0.276. The smallest absolute Gasteiger partial charge is 0.478 e. The second-order valence-electron chi connectivity index (χ2n) is 2.87. The Balaban J connectivity index is 3.32. The number of rotatable bonds is 3. The van der Waals surface area contributed by atoms with E-state index in [0.717, 1.165) is 0 Å². The zero-order valence-corrected chi connectivity index (χ0v) is 8.89. The van der Waals surface area contributed by atoms with Gasteiger partial charge in [0.25, 0.3) is 6.43 Å². The lowest BCUT2D eigenvalue weighted by Gasteiger charge is -2.11. The molecule has 0 amide bonds. The highest BCUT2D eigenvalue weighted by atomic mass is 35.5. The lowest BCUT2D eigenvalue weighted by Crippen LogP contribution is -2.19. The fraction of sp³-hybridized carbons (Fsp3) is 0.250. The Kier molecular flexibility index (Phi) is 3.95. The Bertz CT molecular complexity index is 477. The lowest BCUT2D eigenvalue weighted by atomic mass is 10.1. The summed E-state index contributed by atoms with van der Waals surface area (Å²) in [6.07, 6.45) is -8.49. The summed E-state index contributed by atoms with van der Waals surface area (Å²) in [5.74, 6) is -3.09. The van der Waals surface area contributed by atoms with Crippen LogP contribution in [0.25, 0.3) is 0 Å². The number of carboxylic acids is 1. The summed E-state index contributed by atoms with van der Waals surface area (Å²) in [6, 6.07) is 0.174. The maximum absolute atomic E-state index is 12.5. The molecular weight excluding hydrogens is 289 g/mol. The Morgan fingerprint density at radius 1 is 1.44 bits per heavy atom. The molecule has 0 atom stereocenters. The van der Waals surface area contributed by atoms with Crippen LogP contribution in [0.2, 0.25) is 5.15 Å². The molecule has 1 rings (SSSR count). The van der Waals surface area contributed by atoms with Crippen molar-refractivity contribution in [1.29, 1.82) is 0 Å². The molecule has 0 fully saturated rings. The van der Waals surface area contributed by atoms with Crippen LogP contribution in [0.4, 0.5) is 22.0 Å². The third kappa shape index (κ3) is 3.42. The normalized spacial score (nSPS) is 11.7. The van der Waals surface area contributed by atoms with E-state index < -0.39 is 40.9 Å². The average molecular weight is 292 g/mol. The van der Waals surface area contributed by atoms with Crippen molar-refractivity contribution in [3.05, 3.63) is 22.3 Å². The van der Waals surface area contributed by atoms with E-state index in [4.69, 9.17) is 16.7 Å². The molecule has 10 heteroatoms. The molecule has 4 nitrogen and oxygen atoms in total. The molecule has 0 aliphatic carbocycles. The molecule has 1 aromatic rings. The number of alkyl halides is 5. The summed E-state index contributed by atoms with van der Waals surface area (Å²) < 4.78 is 63.8. The highest BCUT2D eigenvalue weighted by molar-refractivity contribution is 6.32. The minimum Gasteiger partial charge on any atom is -0.478 e. The Morgan fingerprint density at radius 3 is 2.39 bits per heavy atom. The van der Waals surface area contributed by atoms with E-state index >= 15 is 0 Å². The van der Waals surface area contributed by atoms with E-state index in [1.54, 1.807) is 0 Å². The number of halogens is 6. The topological polar surface area (TPSA) is 59.4 Å². The van der Waals surface area contributed by atoms with Crippen LogP contribution >= 0.6 is 11.6 Å². The van der Waals surface area contributed by atoms with Crippen molar-refractivity contribution in [2.75, 3.05) is 0 Å². The van der Waals surface area contributed by atoms with E-state index in [0.29, 0.717) is 0 Å². The number of pyridine rings is 1. The minimum absolute atomic E-state index is 0.174. The first-order valence-corrected chi connectivity index (χ1v) is 4.47. The fourth-order valence-electron chi connectivity index (χ4n) is 1.06. The van der Waals surface area contributed by atoms with Crippen LogP contribution in [0.15, 0.2) is 6.07 Å². The molecular formula is C8H3ClF5NO3. The number of aromatic carboxylic acids is 1. The number of carbonyl (C=O) groups is 1. The van der Waals surface area contributed by atoms with Crippen molar-refractivity contribution in [3.8, 4) is 5.88 Å². The predicted molar refractivity (Wildman–Crippen MR) is 47.8 cm³/mol. The molecule has 0 unspecified atom stereocenters. The molecule has 0 aromatic carbocycles. The van der Waals surface area contributed by atoms with Crippen LogP contribution in [0.1, 0.15) is 22.3 Å². The maximum Gasteiger partial charge on any atom is 0.574 e. The molecule has 0 aliphatic heterocycles. The molecule has 0 saturated heterocycles. The third-order valence-electron chi connectivity index (χ3n) is 1.65. The van der Waals surface area contributed by atoms with Gasteiger partial charge in [-0.15, -0.1) is 13.2 Å². The van der Waals surface area contributed by atoms with E-state index in [-0.39, 0.29) is 6.07 Å². The van der Waals surface area contributed by atoms with E-state index in [1.165, 1.54) is 0 Å². The molecule has 1 heterocycles. The molecule has 1 N–H and O–H groups in total. The fourth-order valence-corrected chi connectivity index (χ4v) is 1.34. The molecule has 1 aromatic heterocycles. The highest BCUT2D eigenvalue weighted by Gasteiger charge is 2.33. The van der Waals surface area contributed by atoms with Gasteiger partial charge in [-0.3, -0.25) is 0 Å². The van der Waals surface area contributed by atoms with Gasteiger partial charge < -0.3 is 9.84 Å². The van der Waals surface area contributed by atoms with Gasteiger partial charge in [0, 0.05) is 11.6 Å². The van der Waals surface area contributed by atoms with Crippen molar-refractivity contribution in [3.63, 3.8) is 0 Å². The van der Waals surface area contributed by atoms with Crippen molar-refractivity contribution >= 4 is 17.6 Å². The van der Waals surface area contributed by atoms with Gasteiger partial charge >= 0.3 is 12.3 Å². The molecule has 0 aliphatic rings. The van der Waals surface area contributed by atoms with Crippen LogP contribution in [0, 0.1) is 0 Å². The summed E-state index contributed by atoms with van der Waals surface area (Å²) in [5.41, 5.74) is -2.28. The SMILES string of the molecule is O=C(O)c1c(C(F)F)cc(OC(F)(F)F)nc1Cl. The van der Waals surface area contributed by atoms with E-state index in [2.05, 4.69) is 9.72 Å². The standard InChI is InChI=1S/C8H3ClF5NO3/c9-5-4(7(16)17)2(6(10)11)1-3(15-5)18-8(12,13)14/h1,6H,(H,16,17). The Hall–Kier alpha value is -1.64. The van der Waals surface area contributed by atoms with Gasteiger partial charge in [-0.25, -0.2) is 18.6 Å². The molecule has 100 valence electrons. The summed E-state index contributed by atoms with van der Waals surface area (Å²) in [7, 11) is 0. The largest absolute Gasteiger partial charge is 0.574 e. The summed E-state index contributed by atoms with van der Waals surface area (Å²) >= 11 is 5.23. The molecule has 18 heavy (non-hydrogen) atoms. The van der Waals surface area contributed by atoms with Crippen LogP contribution < -0.4 is 4.74 Å². The average Bonchev–Trinajstić information content (AvgIpc) is 2.12. The first-order chi connectivity index (χ1) is 8.11. The predicted octanol–water partition coefficient (Wildman–Crippen LogP) is 3.27. The Morgan fingerprint density at radius 2 is 2.00 bits per heavy atom. The van der Waals surface area contributed by atoms with E-state index in [9.17, 15) is 26.7 Å². The van der Waals surface area contributed by atoms with Gasteiger partial charge in [0.2, 0.25) is 5.88 Å². The van der Waals surface area contributed by atoms with Crippen LogP contribution in [0.5, 0.6) is 5.88 Å². The van der Waals surface area contributed by atoms with Gasteiger partial charge in [-0.1, -0.05) is 11.6 Å². The van der Waals surface area contributed by atoms with Crippen molar-refractivity contribution in [2.45, 2.75) is 12.8 Å². The third-order valence-corrected chi connectivity index (χ3v) is 1.93. The molecule has 0 bridgehead atoms. The van der Waals surface area contributed by atoms with E-state index in [1.807, 2.05) is 0 Å². The van der Waals surface area contributed by atoms with Gasteiger partial charge in [0.15, 0.2) is 0 Å². The first-order valence-electron chi connectivity index (χ1n) is 4.09. The zero-order valence-electron chi connectivity index (χ0n) is 8.13. The monoisotopic (exact) mass is 291 g/mol. The first kappa shape index (κ1) is 14.4. The Labute approximate surface area is 101 Å².